The Hall–Kier alpha value is 0.0500. The fourth-order valence-corrected chi connectivity index (χ4v) is 7.21. The number of hydrogen-bond acceptors (Lipinski definition) is 4. The Morgan fingerprint density at radius 2 is 2.21 bits per heavy atom. The summed E-state index contributed by atoms with van der Waals surface area (Å²) in [6.45, 7) is 6.48. The minimum atomic E-state index is -3.34. The molecule has 0 aliphatic carbocycles. The van der Waals surface area contributed by atoms with Gasteiger partial charge >= 0.3 is 0 Å². The molecule has 3 rings (SSSR count). The van der Waals surface area contributed by atoms with Gasteiger partial charge in [0, 0.05) is 12.6 Å². The first kappa shape index (κ1) is 14.0. The standard InChI is InChI=1S/C12H17BrN2O2S2/c1-7-3-11(18-12(7)13)19(16,17)15-6-9-4-14-5-10(9)8(15)2/h3,8-10,14H,4-6H2,1-2H3. The second-order valence-electron chi connectivity index (χ2n) is 5.42. The van der Waals surface area contributed by atoms with Crippen LogP contribution in [0.5, 0.6) is 0 Å². The van der Waals surface area contributed by atoms with Crippen LogP contribution in [0.2, 0.25) is 0 Å². The van der Waals surface area contributed by atoms with E-state index in [4.69, 9.17) is 0 Å². The first-order valence-electron chi connectivity index (χ1n) is 6.39. The van der Waals surface area contributed by atoms with Crippen molar-refractivity contribution in [2.45, 2.75) is 24.1 Å². The van der Waals surface area contributed by atoms with Gasteiger partial charge in [-0.3, -0.25) is 0 Å². The van der Waals surface area contributed by atoms with E-state index in [1.54, 1.807) is 10.4 Å². The fraction of sp³-hybridized carbons (Fsp3) is 0.667. The van der Waals surface area contributed by atoms with Gasteiger partial charge in [-0.25, -0.2) is 8.42 Å². The zero-order valence-electron chi connectivity index (χ0n) is 10.9. The molecule has 2 aliphatic rings. The molecule has 3 atom stereocenters. The van der Waals surface area contributed by atoms with E-state index in [2.05, 4.69) is 21.2 Å². The van der Waals surface area contributed by atoms with Gasteiger partial charge in [0.15, 0.2) is 0 Å². The molecular weight excluding hydrogens is 348 g/mol. The van der Waals surface area contributed by atoms with E-state index in [1.165, 1.54) is 11.3 Å². The summed E-state index contributed by atoms with van der Waals surface area (Å²) in [4.78, 5) is 0. The molecule has 0 spiro atoms. The van der Waals surface area contributed by atoms with Crippen molar-refractivity contribution >= 4 is 37.3 Å². The Balaban J connectivity index is 1.93. The zero-order chi connectivity index (χ0) is 13.8. The van der Waals surface area contributed by atoms with Crippen LogP contribution in [0.15, 0.2) is 14.1 Å². The molecule has 1 aromatic heterocycles. The highest BCUT2D eigenvalue weighted by Gasteiger charge is 2.47. The molecule has 2 aliphatic heterocycles. The summed E-state index contributed by atoms with van der Waals surface area (Å²) in [5.41, 5.74) is 0.984. The summed E-state index contributed by atoms with van der Waals surface area (Å²) >= 11 is 4.72. The van der Waals surface area contributed by atoms with Crippen LogP contribution in [0, 0.1) is 18.8 Å². The second kappa shape index (κ2) is 4.80. The molecule has 0 bridgehead atoms. The predicted molar refractivity (Wildman–Crippen MR) is 80.0 cm³/mol. The van der Waals surface area contributed by atoms with E-state index < -0.39 is 10.0 Å². The normalized spacial score (nSPS) is 31.8. The van der Waals surface area contributed by atoms with Crippen molar-refractivity contribution in [3.63, 3.8) is 0 Å². The lowest BCUT2D eigenvalue weighted by Gasteiger charge is -2.23. The van der Waals surface area contributed by atoms with Gasteiger partial charge in [0.05, 0.1) is 3.79 Å². The number of aryl methyl sites for hydroxylation is 1. The van der Waals surface area contributed by atoms with E-state index in [0.29, 0.717) is 22.6 Å². The van der Waals surface area contributed by atoms with E-state index in [9.17, 15) is 8.42 Å². The van der Waals surface area contributed by atoms with Crippen LogP contribution in [0.4, 0.5) is 0 Å². The van der Waals surface area contributed by atoms with E-state index >= 15 is 0 Å². The van der Waals surface area contributed by atoms with Gasteiger partial charge in [-0.2, -0.15) is 4.31 Å². The van der Waals surface area contributed by atoms with Crippen molar-refractivity contribution in [3.8, 4) is 0 Å². The summed E-state index contributed by atoms with van der Waals surface area (Å²) < 4.78 is 28.5. The molecule has 2 saturated heterocycles. The van der Waals surface area contributed by atoms with Crippen LogP contribution in [0.3, 0.4) is 0 Å². The molecule has 106 valence electrons. The highest BCUT2D eigenvalue weighted by atomic mass is 79.9. The number of nitrogens with one attached hydrogen (secondary N) is 1. The van der Waals surface area contributed by atoms with Gasteiger partial charge in [-0.05, 0) is 66.3 Å². The van der Waals surface area contributed by atoms with Crippen molar-refractivity contribution in [1.82, 2.24) is 9.62 Å². The van der Waals surface area contributed by atoms with Crippen LogP contribution < -0.4 is 5.32 Å². The third-order valence-corrected chi connectivity index (χ3v) is 8.82. The number of thiophene rings is 1. The summed E-state index contributed by atoms with van der Waals surface area (Å²) in [5, 5.41) is 3.35. The predicted octanol–water partition coefficient (Wildman–Crippen LogP) is 2.05. The largest absolute Gasteiger partial charge is 0.316 e. The smallest absolute Gasteiger partial charge is 0.252 e. The SMILES string of the molecule is Cc1cc(S(=O)(=O)N2CC3CNCC3C2C)sc1Br. The number of fused-ring (bicyclic) bond motifs is 1. The van der Waals surface area contributed by atoms with Gasteiger partial charge < -0.3 is 5.32 Å². The first-order valence-corrected chi connectivity index (χ1v) is 9.44. The first-order chi connectivity index (χ1) is 8.91. The monoisotopic (exact) mass is 364 g/mol. The second-order valence-corrected chi connectivity index (χ2v) is 9.91. The minimum Gasteiger partial charge on any atom is -0.316 e. The Bertz CT molecular complexity index is 579. The summed E-state index contributed by atoms with van der Waals surface area (Å²) in [5.74, 6) is 0.925. The van der Waals surface area contributed by atoms with Crippen molar-refractivity contribution in [3.05, 3.63) is 15.4 Å². The molecule has 1 aromatic rings. The molecule has 7 heteroatoms. The van der Waals surface area contributed by atoms with Crippen LogP contribution >= 0.6 is 27.3 Å². The number of hydrogen-bond donors (Lipinski definition) is 1. The average molecular weight is 365 g/mol. The molecule has 1 N–H and O–H groups in total. The van der Waals surface area contributed by atoms with E-state index in [-0.39, 0.29) is 6.04 Å². The molecule has 0 aromatic carbocycles. The quantitative estimate of drug-likeness (QED) is 0.873. The van der Waals surface area contributed by atoms with Gasteiger partial charge in [-0.1, -0.05) is 0 Å². The molecule has 2 fully saturated rings. The van der Waals surface area contributed by atoms with Crippen molar-refractivity contribution in [1.29, 1.82) is 0 Å². The maximum Gasteiger partial charge on any atom is 0.252 e. The lowest BCUT2D eigenvalue weighted by molar-refractivity contribution is 0.361. The Kier molecular flexibility index (Phi) is 3.54. The Morgan fingerprint density at radius 3 is 2.79 bits per heavy atom. The molecule has 0 radical (unpaired) electrons. The summed E-state index contributed by atoms with van der Waals surface area (Å²) in [7, 11) is -3.34. The fourth-order valence-electron chi connectivity index (χ4n) is 3.12. The average Bonchev–Trinajstić information content (AvgIpc) is 2.99. The van der Waals surface area contributed by atoms with Gasteiger partial charge in [-0.15, -0.1) is 11.3 Å². The van der Waals surface area contributed by atoms with Gasteiger partial charge in [0.1, 0.15) is 4.21 Å². The lowest BCUT2D eigenvalue weighted by Crippen LogP contribution is -2.37. The van der Waals surface area contributed by atoms with Gasteiger partial charge in [0.2, 0.25) is 0 Å². The summed E-state index contributed by atoms with van der Waals surface area (Å²) in [6.07, 6.45) is 0. The zero-order valence-corrected chi connectivity index (χ0v) is 14.1. The molecule has 4 nitrogen and oxygen atoms in total. The van der Waals surface area contributed by atoms with Crippen molar-refractivity contribution in [2.75, 3.05) is 19.6 Å². The molecule has 3 unspecified atom stereocenters. The van der Waals surface area contributed by atoms with Crippen LogP contribution in [0.25, 0.3) is 0 Å². The Labute approximate surface area is 126 Å². The van der Waals surface area contributed by atoms with Gasteiger partial charge in [0.25, 0.3) is 10.0 Å². The number of nitrogens with zero attached hydrogens (tertiary/aromatic N) is 1. The summed E-state index contributed by atoms with van der Waals surface area (Å²) in [6, 6.07) is 1.86. The molecule has 3 heterocycles. The lowest BCUT2D eigenvalue weighted by atomic mass is 9.95. The highest BCUT2D eigenvalue weighted by Crippen LogP contribution is 2.39. The van der Waals surface area contributed by atoms with E-state index in [1.807, 2.05) is 13.8 Å². The van der Waals surface area contributed by atoms with Crippen LogP contribution in [-0.4, -0.2) is 38.4 Å². The third-order valence-electron chi connectivity index (χ3n) is 4.28. The number of halogens is 1. The third kappa shape index (κ3) is 2.19. The number of rotatable bonds is 2. The van der Waals surface area contributed by atoms with E-state index in [0.717, 1.165) is 22.4 Å². The van der Waals surface area contributed by atoms with Crippen LogP contribution in [-0.2, 0) is 10.0 Å². The molecule has 19 heavy (non-hydrogen) atoms. The maximum atomic E-state index is 12.7. The molecule has 0 amide bonds. The Morgan fingerprint density at radius 1 is 1.47 bits per heavy atom. The van der Waals surface area contributed by atoms with Crippen LogP contribution in [0.1, 0.15) is 12.5 Å². The highest BCUT2D eigenvalue weighted by molar-refractivity contribution is 9.11. The maximum absolute atomic E-state index is 12.7. The van der Waals surface area contributed by atoms with Crippen molar-refractivity contribution in [2.24, 2.45) is 11.8 Å². The number of sulfonamides is 1. The van der Waals surface area contributed by atoms with Crippen molar-refractivity contribution < 1.29 is 8.42 Å². The minimum absolute atomic E-state index is 0.0891. The molecular formula is C12H17BrN2O2S2. The topological polar surface area (TPSA) is 49.4 Å². The molecule has 0 saturated carbocycles.